The lowest BCUT2D eigenvalue weighted by Gasteiger charge is -2.30. The Balaban J connectivity index is 1.29. The number of ether oxygens (including phenoxy) is 1. The number of halogens is 1. The van der Waals surface area contributed by atoms with Crippen LogP contribution in [0.5, 0.6) is 0 Å². The number of aromatic nitrogens is 1. The van der Waals surface area contributed by atoms with Crippen molar-refractivity contribution in [2.75, 3.05) is 19.7 Å². The number of oxazole rings is 1. The third kappa shape index (κ3) is 4.13. The van der Waals surface area contributed by atoms with Crippen LogP contribution in [0, 0.1) is 12.7 Å². The summed E-state index contributed by atoms with van der Waals surface area (Å²) in [6, 6.07) is 11.7. The minimum Gasteiger partial charge on any atom is -0.452 e. The van der Waals surface area contributed by atoms with Gasteiger partial charge in [-0.15, -0.1) is 0 Å². The topological polar surface area (TPSA) is 72.6 Å². The third-order valence-corrected chi connectivity index (χ3v) is 5.24. The number of carbonyl (C=O) groups is 2. The lowest BCUT2D eigenvalue weighted by molar-refractivity contribution is -0.135. The Hall–Kier alpha value is -3.22. The maximum absolute atomic E-state index is 13.6. The number of hydrogen-bond donors (Lipinski definition) is 0. The van der Waals surface area contributed by atoms with E-state index in [0.717, 1.165) is 30.0 Å². The predicted octanol–water partition coefficient (Wildman–Crippen LogP) is 3.84. The van der Waals surface area contributed by atoms with Crippen molar-refractivity contribution in [1.29, 1.82) is 0 Å². The Labute approximate surface area is 167 Å². The van der Waals surface area contributed by atoms with Gasteiger partial charge < -0.3 is 14.1 Å². The Morgan fingerprint density at radius 2 is 1.97 bits per heavy atom. The molecule has 4 rings (SSSR count). The van der Waals surface area contributed by atoms with Gasteiger partial charge in [0.25, 0.3) is 5.91 Å². The molecule has 0 aliphatic carbocycles. The number of esters is 1. The second-order valence-electron chi connectivity index (χ2n) is 7.21. The molecule has 150 valence electrons. The molecule has 3 aromatic rings. The Morgan fingerprint density at radius 1 is 1.21 bits per heavy atom. The molecule has 2 heterocycles. The molecule has 0 N–H and O–H groups in total. The average Bonchev–Trinajstić information content (AvgIpc) is 3.18. The summed E-state index contributed by atoms with van der Waals surface area (Å²) in [6.45, 7) is 2.33. The van der Waals surface area contributed by atoms with E-state index in [2.05, 4.69) is 4.98 Å². The number of rotatable bonds is 4. The van der Waals surface area contributed by atoms with Gasteiger partial charge in [0.15, 0.2) is 18.1 Å². The number of piperidine rings is 1. The van der Waals surface area contributed by atoms with Crippen molar-refractivity contribution in [2.24, 2.45) is 0 Å². The quantitative estimate of drug-likeness (QED) is 0.627. The molecule has 1 fully saturated rings. The second-order valence-corrected chi connectivity index (χ2v) is 7.21. The first kappa shape index (κ1) is 19.1. The lowest BCUT2D eigenvalue weighted by atomic mass is 9.97. The molecule has 0 spiro atoms. The van der Waals surface area contributed by atoms with Crippen LogP contribution in [-0.2, 0) is 9.53 Å². The molecule has 0 atom stereocenters. The fourth-order valence-electron chi connectivity index (χ4n) is 3.46. The van der Waals surface area contributed by atoms with E-state index >= 15 is 0 Å². The van der Waals surface area contributed by atoms with Gasteiger partial charge in [0, 0.05) is 19.0 Å². The predicted molar refractivity (Wildman–Crippen MR) is 104 cm³/mol. The molecule has 1 aliphatic rings. The van der Waals surface area contributed by atoms with E-state index in [1.54, 1.807) is 11.8 Å². The third-order valence-electron chi connectivity index (χ3n) is 5.24. The van der Waals surface area contributed by atoms with Crippen LogP contribution in [0.3, 0.4) is 0 Å². The van der Waals surface area contributed by atoms with E-state index in [4.69, 9.17) is 9.15 Å². The van der Waals surface area contributed by atoms with Crippen molar-refractivity contribution >= 4 is 23.0 Å². The fourth-order valence-corrected chi connectivity index (χ4v) is 3.46. The summed E-state index contributed by atoms with van der Waals surface area (Å²) in [5, 5.41) is 0. The first-order chi connectivity index (χ1) is 14.0. The highest BCUT2D eigenvalue weighted by Crippen LogP contribution is 2.29. The van der Waals surface area contributed by atoms with Crippen molar-refractivity contribution < 1.29 is 23.1 Å². The molecule has 0 saturated carbocycles. The van der Waals surface area contributed by atoms with Crippen LogP contribution < -0.4 is 0 Å². The summed E-state index contributed by atoms with van der Waals surface area (Å²) in [7, 11) is 0. The molecule has 1 saturated heterocycles. The molecule has 6 nitrogen and oxygen atoms in total. The first-order valence-corrected chi connectivity index (χ1v) is 9.58. The molecule has 0 bridgehead atoms. The number of amides is 1. The number of nitrogens with zero attached hydrogens (tertiary/aromatic N) is 2. The van der Waals surface area contributed by atoms with Gasteiger partial charge in [-0.1, -0.05) is 18.2 Å². The SMILES string of the molecule is Cc1ccc(C(=O)OCC(=O)N2CCC(c3nc4ccccc4o3)CC2)cc1F. The number of para-hydroxylation sites is 2. The maximum atomic E-state index is 13.6. The highest BCUT2D eigenvalue weighted by Gasteiger charge is 2.27. The van der Waals surface area contributed by atoms with Gasteiger partial charge in [-0.2, -0.15) is 0 Å². The zero-order chi connectivity index (χ0) is 20.4. The van der Waals surface area contributed by atoms with Crippen LogP contribution >= 0.6 is 0 Å². The normalized spacial score (nSPS) is 14.9. The van der Waals surface area contributed by atoms with E-state index in [0.29, 0.717) is 24.5 Å². The van der Waals surface area contributed by atoms with Crippen molar-refractivity contribution in [3.63, 3.8) is 0 Å². The molecule has 1 aliphatic heterocycles. The number of aryl methyl sites for hydroxylation is 1. The highest BCUT2D eigenvalue weighted by molar-refractivity contribution is 5.91. The average molecular weight is 396 g/mol. The van der Waals surface area contributed by atoms with Crippen LogP contribution in [-0.4, -0.2) is 41.5 Å². The van der Waals surface area contributed by atoms with Gasteiger partial charge in [-0.25, -0.2) is 14.2 Å². The maximum Gasteiger partial charge on any atom is 0.338 e. The number of benzene rings is 2. The standard InChI is InChI=1S/C22H21FN2O4/c1-14-6-7-16(12-17(14)23)22(27)28-13-20(26)25-10-8-15(9-11-25)21-24-18-4-2-3-5-19(18)29-21/h2-7,12,15H,8-11,13H2,1H3. The summed E-state index contributed by atoms with van der Waals surface area (Å²) in [4.78, 5) is 30.6. The van der Waals surface area contributed by atoms with Gasteiger partial charge in [0.05, 0.1) is 5.56 Å². The van der Waals surface area contributed by atoms with Gasteiger partial charge in [-0.3, -0.25) is 4.79 Å². The van der Waals surface area contributed by atoms with Crippen LogP contribution in [0.25, 0.3) is 11.1 Å². The van der Waals surface area contributed by atoms with Crippen molar-refractivity contribution in [3.8, 4) is 0 Å². The molecule has 7 heteroatoms. The van der Waals surface area contributed by atoms with E-state index in [9.17, 15) is 14.0 Å². The first-order valence-electron chi connectivity index (χ1n) is 9.58. The summed E-state index contributed by atoms with van der Waals surface area (Å²) in [6.07, 6.45) is 1.46. The summed E-state index contributed by atoms with van der Waals surface area (Å²) >= 11 is 0. The van der Waals surface area contributed by atoms with Gasteiger partial charge in [0.1, 0.15) is 11.3 Å². The molecule has 29 heavy (non-hydrogen) atoms. The lowest BCUT2D eigenvalue weighted by Crippen LogP contribution is -2.40. The van der Waals surface area contributed by atoms with Gasteiger partial charge >= 0.3 is 5.97 Å². The largest absolute Gasteiger partial charge is 0.452 e. The number of fused-ring (bicyclic) bond motifs is 1. The zero-order valence-electron chi connectivity index (χ0n) is 16.1. The molecule has 1 amide bonds. The Morgan fingerprint density at radius 3 is 2.69 bits per heavy atom. The highest BCUT2D eigenvalue weighted by atomic mass is 19.1. The number of carbonyl (C=O) groups excluding carboxylic acids is 2. The van der Waals surface area contributed by atoms with Crippen molar-refractivity contribution in [1.82, 2.24) is 9.88 Å². The smallest absolute Gasteiger partial charge is 0.338 e. The minimum atomic E-state index is -0.710. The second kappa shape index (κ2) is 8.03. The van der Waals surface area contributed by atoms with E-state index in [1.807, 2.05) is 24.3 Å². The van der Waals surface area contributed by atoms with Crippen LogP contribution in [0.15, 0.2) is 46.9 Å². The molecule has 0 radical (unpaired) electrons. The summed E-state index contributed by atoms with van der Waals surface area (Å²) in [5.41, 5.74) is 2.14. The van der Waals surface area contributed by atoms with Gasteiger partial charge in [-0.05, 0) is 49.6 Å². The van der Waals surface area contributed by atoms with E-state index < -0.39 is 11.8 Å². The molecule has 0 unspecified atom stereocenters. The molecular formula is C22H21FN2O4. The number of likely N-dealkylation sites (tertiary alicyclic amines) is 1. The van der Waals surface area contributed by atoms with Crippen molar-refractivity contribution in [3.05, 3.63) is 65.3 Å². The fraction of sp³-hybridized carbons (Fsp3) is 0.318. The Bertz CT molecular complexity index is 1020. The van der Waals surface area contributed by atoms with Crippen LogP contribution in [0.1, 0.15) is 40.6 Å². The van der Waals surface area contributed by atoms with Crippen LogP contribution in [0.4, 0.5) is 4.39 Å². The Kier molecular flexibility index (Phi) is 5.29. The number of hydrogen-bond acceptors (Lipinski definition) is 5. The van der Waals surface area contributed by atoms with Gasteiger partial charge in [0.2, 0.25) is 0 Å². The van der Waals surface area contributed by atoms with E-state index in [1.165, 1.54) is 12.1 Å². The molecule has 2 aromatic carbocycles. The molecule has 1 aromatic heterocycles. The van der Waals surface area contributed by atoms with Crippen molar-refractivity contribution in [2.45, 2.75) is 25.7 Å². The summed E-state index contributed by atoms with van der Waals surface area (Å²) in [5.74, 6) is -0.594. The van der Waals surface area contributed by atoms with Crippen LogP contribution in [0.2, 0.25) is 0 Å². The molecular weight excluding hydrogens is 375 g/mol. The summed E-state index contributed by atoms with van der Waals surface area (Å²) < 4.78 is 24.5. The minimum absolute atomic E-state index is 0.0931. The van der Waals surface area contributed by atoms with E-state index in [-0.39, 0.29) is 24.0 Å². The zero-order valence-corrected chi connectivity index (χ0v) is 16.1. The monoisotopic (exact) mass is 396 g/mol.